The van der Waals surface area contributed by atoms with Crippen LogP contribution in [0.2, 0.25) is 0 Å². The van der Waals surface area contributed by atoms with E-state index in [9.17, 15) is 29.1 Å². The van der Waals surface area contributed by atoms with Crippen LogP contribution in [0.1, 0.15) is 53.4 Å². The fourth-order valence-corrected chi connectivity index (χ4v) is 2.92. The lowest BCUT2D eigenvalue weighted by Crippen LogP contribution is -2.58. The van der Waals surface area contributed by atoms with Crippen LogP contribution in [0.3, 0.4) is 0 Å². The predicted octanol–water partition coefficient (Wildman–Crippen LogP) is -1.92. The van der Waals surface area contributed by atoms with Gasteiger partial charge in [0.2, 0.25) is 17.7 Å². The molecule has 0 radical (unpaired) electrons. The molecule has 200 valence electrons. The summed E-state index contributed by atoms with van der Waals surface area (Å²) in [5.41, 5.74) is 16.3. The monoisotopic (exact) mass is 501 g/mol. The van der Waals surface area contributed by atoms with E-state index in [4.69, 9.17) is 22.3 Å². The van der Waals surface area contributed by atoms with Crippen LogP contribution in [-0.4, -0.2) is 76.5 Å². The Balaban J connectivity index is 5.48. The van der Waals surface area contributed by atoms with Crippen molar-refractivity contribution in [1.29, 1.82) is 0 Å². The van der Waals surface area contributed by atoms with Gasteiger partial charge in [0.15, 0.2) is 5.96 Å². The minimum Gasteiger partial charge on any atom is -0.481 e. The van der Waals surface area contributed by atoms with Gasteiger partial charge in [0.25, 0.3) is 0 Å². The fraction of sp³-hybridized carbons (Fsp3) is 0.714. The van der Waals surface area contributed by atoms with Gasteiger partial charge in [-0.25, -0.2) is 4.79 Å². The smallest absolute Gasteiger partial charge is 0.326 e. The van der Waals surface area contributed by atoms with Crippen molar-refractivity contribution in [2.45, 2.75) is 77.5 Å². The number of carboxylic acid groups (broad SMARTS) is 2. The molecule has 0 spiro atoms. The van der Waals surface area contributed by atoms with Crippen molar-refractivity contribution in [3.8, 4) is 0 Å². The van der Waals surface area contributed by atoms with Gasteiger partial charge in [-0.3, -0.25) is 24.2 Å². The molecule has 0 aromatic heterocycles. The van der Waals surface area contributed by atoms with Gasteiger partial charge in [-0.2, -0.15) is 0 Å². The quantitative estimate of drug-likeness (QED) is 0.0661. The van der Waals surface area contributed by atoms with Crippen LogP contribution in [0.4, 0.5) is 0 Å². The summed E-state index contributed by atoms with van der Waals surface area (Å²) in [6, 6.07) is -4.58. The van der Waals surface area contributed by atoms with E-state index in [1.54, 1.807) is 27.7 Å². The molecule has 0 saturated heterocycles. The van der Waals surface area contributed by atoms with Crippen molar-refractivity contribution in [3.05, 3.63) is 0 Å². The number of carboxylic acids is 2. The number of nitrogens with one attached hydrogen (secondary N) is 3. The largest absolute Gasteiger partial charge is 0.481 e. The third-order valence-electron chi connectivity index (χ3n) is 5.11. The van der Waals surface area contributed by atoms with Gasteiger partial charge in [0.1, 0.15) is 18.1 Å². The van der Waals surface area contributed by atoms with Crippen LogP contribution in [0, 0.1) is 11.8 Å². The lowest BCUT2D eigenvalue weighted by Gasteiger charge is -2.27. The highest BCUT2D eigenvalue weighted by molar-refractivity contribution is 5.94. The summed E-state index contributed by atoms with van der Waals surface area (Å²) in [5.74, 6) is -5.40. The van der Waals surface area contributed by atoms with Crippen molar-refractivity contribution in [2.24, 2.45) is 34.0 Å². The number of amides is 3. The molecule has 14 heteroatoms. The molecule has 4 unspecified atom stereocenters. The summed E-state index contributed by atoms with van der Waals surface area (Å²) in [4.78, 5) is 64.5. The van der Waals surface area contributed by atoms with E-state index in [1.165, 1.54) is 0 Å². The van der Waals surface area contributed by atoms with Crippen LogP contribution in [0.5, 0.6) is 0 Å². The Labute approximate surface area is 204 Å². The number of nitrogens with two attached hydrogens (primary N) is 3. The number of carbonyl (C=O) groups is 5. The molecule has 0 heterocycles. The molecule has 0 saturated carbocycles. The number of aliphatic imine (C=N–C) groups is 1. The first-order chi connectivity index (χ1) is 16.2. The van der Waals surface area contributed by atoms with Crippen LogP contribution in [0.15, 0.2) is 4.99 Å². The zero-order valence-corrected chi connectivity index (χ0v) is 20.6. The van der Waals surface area contributed by atoms with Gasteiger partial charge in [0.05, 0.1) is 6.04 Å². The normalized spacial score (nSPS) is 14.4. The second-order valence-corrected chi connectivity index (χ2v) is 8.84. The van der Waals surface area contributed by atoms with Gasteiger partial charge >= 0.3 is 11.9 Å². The summed E-state index contributed by atoms with van der Waals surface area (Å²) in [6.07, 6.45) is -0.511. The lowest BCUT2D eigenvalue weighted by molar-refractivity contribution is -0.143. The number of rotatable bonds is 16. The maximum Gasteiger partial charge on any atom is 0.326 e. The summed E-state index contributed by atoms with van der Waals surface area (Å²) in [6.45, 7) is 6.99. The van der Waals surface area contributed by atoms with Gasteiger partial charge in [-0.05, 0) is 31.1 Å². The van der Waals surface area contributed by atoms with Gasteiger partial charge < -0.3 is 43.4 Å². The molecule has 0 aliphatic rings. The molecule has 11 N–H and O–H groups in total. The average Bonchev–Trinajstić information content (AvgIpc) is 2.74. The molecular weight excluding hydrogens is 462 g/mol. The van der Waals surface area contributed by atoms with E-state index in [2.05, 4.69) is 20.9 Å². The Morgan fingerprint density at radius 2 is 1.37 bits per heavy atom. The number of guanidine groups is 1. The van der Waals surface area contributed by atoms with Crippen LogP contribution in [0.25, 0.3) is 0 Å². The molecule has 0 aromatic rings. The first kappa shape index (κ1) is 31.6. The fourth-order valence-electron chi connectivity index (χ4n) is 2.92. The van der Waals surface area contributed by atoms with Crippen molar-refractivity contribution in [1.82, 2.24) is 16.0 Å². The molecular formula is C21H39N7O7. The first-order valence-corrected chi connectivity index (χ1v) is 11.3. The van der Waals surface area contributed by atoms with Crippen LogP contribution < -0.4 is 33.2 Å². The maximum atomic E-state index is 12.9. The number of hydrogen-bond acceptors (Lipinski definition) is 7. The van der Waals surface area contributed by atoms with E-state index >= 15 is 0 Å². The third kappa shape index (κ3) is 12.6. The molecule has 4 atom stereocenters. The Morgan fingerprint density at radius 1 is 0.800 bits per heavy atom. The Morgan fingerprint density at radius 3 is 1.83 bits per heavy atom. The van der Waals surface area contributed by atoms with Gasteiger partial charge in [0, 0.05) is 13.0 Å². The molecule has 0 aliphatic carbocycles. The van der Waals surface area contributed by atoms with Gasteiger partial charge in [-0.1, -0.05) is 27.7 Å². The summed E-state index contributed by atoms with van der Waals surface area (Å²) in [5, 5.41) is 25.8. The third-order valence-corrected chi connectivity index (χ3v) is 5.11. The molecule has 0 rings (SSSR count). The second kappa shape index (κ2) is 15.5. The highest BCUT2D eigenvalue weighted by Gasteiger charge is 2.32. The van der Waals surface area contributed by atoms with Crippen molar-refractivity contribution in [3.63, 3.8) is 0 Å². The zero-order valence-electron chi connectivity index (χ0n) is 20.6. The molecule has 35 heavy (non-hydrogen) atoms. The minimum absolute atomic E-state index is 0.00474. The van der Waals surface area contributed by atoms with E-state index in [0.29, 0.717) is 0 Å². The van der Waals surface area contributed by atoms with E-state index < -0.39 is 60.2 Å². The van der Waals surface area contributed by atoms with Gasteiger partial charge in [-0.15, -0.1) is 0 Å². The highest BCUT2D eigenvalue weighted by atomic mass is 16.4. The topological polar surface area (TPSA) is 252 Å². The Hall–Kier alpha value is -3.42. The first-order valence-electron chi connectivity index (χ1n) is 11.3. The summed E-state index contributed by atoms with van der Waals surface area (Å²) >= 11 is 0. The van der Waals surface area contributed by atoms with Crippen molar-refractivity contribution in [2.75, 3.05) is 6.54 Å². The van der Waals surface area contributed by atoms with Crippen molar-refractivity contribution < 1.29 is 34.2 Å². The SMILES string of the molecule is CC(C)C(N)C(=O)NC(C(=O)NC(CCC(=O)O)C(=O)NC(CCCN=C(N)N)C(=O)O)C(C)C. The Kier molecular flexibility index (Phi) is 14.0. The van der Waals surface area contributed by atoms with E-state index in [-0.39, 0.29) is 43.6 Å². The molecule has 0 fully saturated rings. The number of aliphatic carboxylic acids is 2. The van der Waals surface area contributed by atoms with Crippen molar-refractivity contribution >= 4 is 35.6 Å². The number of nitrogens with zero attached hydrogens (tertiary/aromatic N) is 1. The average molecular weight is 502 g/mol. The maximum absolute atomic E-state index is 12.9. The molecule has 14 nitrogen and oxygen atoms in total. The van der Waals surface area contributed by atoms with Crippen LogP contribution in [-0.2, 0) is 24.0 Å². The van der Waals surface area contributed by atoms with Crippen LogP contribution >= 0.6 is 0 Å². The minimum atomic E-state index is -1.35. The molecule has 0 aliphatic heterocycles. The number of carbonyl (C=O) groups excluding carboxylic acids is 3. The predicted molar refractivity (Wildman–Crippen MR) is 128 cm³/mol. The zero-order chi connectivity index (χ0) is 27.3. The highest BCUT2D eigenvalue weighted by Crippen LogP contribution is 2.08. The van der Waals surface area contributed by atoms with E-state index in [1.807, 2.05) is 0 Å². The summed E-state index contributed by atoms with van der Waals surface area (Å²) in [7, 11) is 0. The Bertz CT molecular complexity index is 782. The molecule has 0 bridgehead atoms. The summed E-state index contributed by atoms with van der Waals surface area (Å²) < 4.78 is 0. The standard InChI is InChI=1S/C21H39N7O7/c1-10(2)15(22)18(32)28-16(11(3)4)19(33)26-12(7-8-14(29)30)17(31)27-13(20(34)35)6-5-9-25-21(23)24/h10-13,15-16H,5-9,22H2,1-4H3,(H,26,33)(H,27,31)(H,28,32)(H,29,30)(H,34,35)(H4,23,24,25). The number of hydrogen-bond donors (Lipinski definition) is 8. The molecule has 0 aromatic carbocycles. The lowest BCUT2D eigenvalue weighted by atomic mass is 9.99. The molecule has 3 amide bonds. The van der Waals surface area contributed by atoms with E-state index in [0.717, 1.165) is 0 Å². The second-order valence-electron chi connectivity index (χ2n) is 8.84.